The molecule has 0 aliphatic carbocycles. The number of carbonyl (C=O) groups is 2. The highest BCUT2D eigenvalue weighted by Crippen LogP contribution is 2.37. The van der Waals surface area contributed by atoms with Crippen molar-refractivity contribution in [3.8, 4) is 11.5 Å². The van der Waals surface area contributed by atoms with Crippen LogP contribution in [0.5, 0.6) is 11.5 Å². The van der Waals surface area contributed by atoms with Crippen molar-refractivity contribution < 1.29 is 23.8 Å². The number of rotatable bonds is 5. The molecule has 0 aliphatic rings. The van der Waals surface area contributed by atoms with Crippen LogP contribution in [0, 0.1) is 0 Å². The van der Waals surface area contributed by atoms with E-state index in [1.807, 2.05) is 30.3 Å². The minimum Gasteiger partial charge on any atom is -0.493 e. The van der Waals surface area contributed by atoms with Gasteiger partial charge in [0.1, 0.15) is 0 Å². The second kappa shape index (κ2) is 8.22. The highest BCUT2D eigenvalue weighted by atomic mass is 79.9. The molecule has 138 valence electrons. The van der Waals surface area contributed by atoms with Crippen molar-refractivity contribution in [3.05, 3.63) is 70.2 Å². The van der Waals surface area contributed by atoms with Crippen molar-refractivity contribution >= 4 is 38.6 Å². The summed E-state index contributed by atoms with van der Waals surface area (Å²) in [5, 5.41) is 1.74. The number of ether oxygens (including phenoxy) is 3. The third kappa shape index (κ3) is 3.95. The number of hydrogen-bond acceptors (Lipinski definition) is 5. The molecule has 0 fully saturated rings. The van der Waals surface area contributed by atoms with Crippen LogP contribution in [0.1, 0.15) is 27.6 Å². The first kappa shape index (κ1) is 18.9. The molecular formula is C21H17BrO5. The number of hydrogen-bond donors (Lipinski definition) is 0. The van der Waals surface area contributed by atoms with Crippen LogP contribution in [-0.2, 0) is 4.74 Å². The highest BCUT2D eigenvalue weighted by Gasteiger charge is 2.20. The normalized spacial score (nSPS) is 10.5. The third-order valence-corrected chi connectivity index (χ3v) is 4.53. The van der Waals surface area contributed by atoms with Gasteiger partial charge in [-0.1, -0.05) is 36.4 Å². The lowest BCUT2D eigenvalue weighted by Gasteiger charge is -2.13. The fraction of sp³-hybridized carbons (Fsp3) is 0.143. The van der Waals surface area contributed by atoms with Crippen molar-refractivity contribution in [1.82, 2.24) is 0 Å². The molecular weight excluding hydrogens is 412 g/mol. The number of methoxy groups -OCH3 is 1. The molecule has 3 rings (SSSR count). The number of halogens is 1. The molecule has 0 aromatic heterocycles. The molecule has 0 amide bonds. The lowest BCUT2D eigenvalue weighted by molar-refractivity contribution is 0.0526. The molecule has 0 radical (unpaired) electrons. The van der Waals surface area contributed by atoms with Gasteiger partial charge in [-0.05, 0) is 51.8 Å². The van der Waals surface area contributed by atoms with Crippen LogP contribution < -0.4 is 9.47 Å². The third-order valence-electron chi connectivity index (χ3n) is 3.94. The lowest BCUT2D eigenvalue weighted by atomic mass is 10.0. The Kier molecular flexibility index (Phi) is 5.76. The second-order valence-corrected chi connectivity index (χ2v) is 6.48. The Hall–Kier alpha value is -2.86. The molecule has 0 heterocycles. The fourth-order valence-corrected chi connectivity index (χ4v) is 3.23. The first-order chi connectivity index (χ1) is 13.0. The maximum atomic E-state index is 12.8. The molecule has 3 aromatic carbocycles. The predicted octanol–water partition coefficient (Wildman–Crippen LogP) is 5.01. The summed E-state index contributed by atoms with van der Waals surface area (Å²) in [6.07, 6.45) is 0. The average molecular weight is 429 g/mol. The Bertz CT molecular complexity index is 1010. The molecule has 0 bridgehead atoms. The summed E-state index contributed by atoms with van der Waals surface area (Å²) < 4.78 is 16.3. The van der Waals surface area contributed by atoms with Crippen LogP contribution in [0.3, 0.4) is 0 Å². The van der Waals surface area contributed by atoms with E-state index in [0.29, 0.717) is 15.6 Å². The molecule has 0 saturated heterocycles. The second-order valence-electron chi connectivity index (χ2n) is 5.63. The SMILES string of the molecule is CCOC(=O)c1cc(Br)c(OC(=O)c2cccc3ccccc23)c(OC)c1. The zero-order chi connectivity index (χ0) is 19.4. The maximum absolute atomic E-state index is 12.8. The van der Waals surface area contributed by atoms with Gasteiger partial charge in [0, 0.05) is 0 Å². The molecule has 0 aliphatic heterocycles. The van der Waals surface area contributed by atoms with Crippen molar-refractivity contribution in [1.29, 1.82) is 0 Å². The topological polar surface area (TPSA) is 61.8 Å². The Morgan fingerprint density at radius 3 is 2.48 bits per heavy atom. The van der Waals surface area contributed by atoms with Crippen LogP contribution >= 0.6 is 15.9 Å². The van der Waals surface area contributed by atoms with Crippen LogP contribution in [0.4, 0.5) is 0 Å². The molecule has 3 aromatic rings. The fourth-order valence-electron chi connectivity index (χ4n) is 2.70. The molecule has 0 N–H and O–H groups in total. The van der Waals surface area contributed by atoms with Gasteiger partial charge in [0.25, 0.3) is 0 Å². The largest absolute Gasteiger partial charge is 0.493 e. The monoisotopic (exact) mass is 428 g/mol. The molecule has 0 unspecified atom stereocenters. The summed E-state index contributed by atoms with van der Waals surface area (Å²) >= 11 is 3.34. The summed E-state index contributed by atoms with van der Waals surface area (Å²) in [6, 6.07) is 16.0. The molecule has 27 heavy (non-hydrogen) atoms. The molecule has 0 spiro atoms. The van der Waals surface area contributed by atoms with Gasteiger partial charge in [0.15, 0.2) is 11.5 Å². The van der Waals surface area contributed by atoms with E-state index in [-0.39, 0.29) is 18.1 Å². The van der Waals surface area contributed by atoms with E-state index >= 15 is 0 Å². The summed E-state index contributed by atoms with van der Waals surface area (Å²) in [5.41, 5.74) is 0.738. The van der Waals surface area contributed by atoms with E-state index in [4.69, 9.17) is 14.2 Å². The Balaban J connectivity index is 1.97. The quantitative estimate of drug-likeness (QED) is 0.422. The van der Waals surface area contributed by atoms with E-state index in [9.17, 15) is 9.59 Å². The van der Waals surface area contributed by atoms with Crippen molar-refractivity contribution in [2.45, 2.75) is 6.92 Å². The molecule has 0 atom stereocenters. The zero-order valence-corrected chi connectivity index (χ0v) is 16.4. The Morgan fingerprint density at radius 1 is 1.00 bits per heavy atom. The van der Waals surface area contributed by atoms with Crippen LogP contribution in [-0.4, -0.2) is 25.7 Å². The summed E-state index contributed by atoms with van der Waals surface area (Å²) in [7, 11) is 1.44. The number of carbonyl (C=O) groups excluding carboxylic acids is 2. The van der Waals surface area contributed by atoms with Crippen LogP contribution in [0.25, 0.3) is 10.8 Å². The van der Waals surface area contributed by atoms with Gasteiger partial charge in [-0.15, -0.1) is 0 Å². The lowest BCUT2D eigenvalue weighted by Crippen LogP contribution is -2.11. The van der Waals surface area contributed by atoms with Gasteiger partial charge < -0.3 is 14.2 Å². The molecule has 0 saturated carbocycles. The Morgan fingerprint density at radius 2 is 1.74 bits per heavy atom. The van der Waals surface area contributed by atoms with E-state index in [1.165, 1.54) is 19.2 Å². The summed E-state index contributed by atoms with van der Waals surface area (Å²) in [5.74, 6) is -0.553. The van der Waals surface area contributed by atoms with E-state index in [2.05, 4.69) is 15.9 Å². The summed E-state index contributed by atoms with van der Waals surface area (Å²) in [6.45, 7) is 1.99. The number of esters is 2. The first-order valence-corrected chi connectivity index (χ1v) is 9.09. The standard InChI is InChI=1S/C21H17BrO5/c1-3-26-20(23)14-11-17(22)19(18(12-14)25-2)27-21(24)16-10-6-8-13-7-4-5-9-15(13)16/h4-12H,3H2,1-2H3. The average Bonchev–Trinajstić information content (AvgIpc) is 2.68. The van der Waals surface area contributed by atoms with Gasteiger partial charge in [-0.2, -0.15) is 0 Å². The number of fused-ring (bicyclic) bond motifs is 1. The number of benzene rings is 3. The maximum Gasteiger partial charge on any atom is 0.344 e. The van der Waals surface area contributed by atoms with Gasteiger partial charge in [-0.3, -0.25) is 0 Å². The predicted molar refractivity (Wildman–Crippen MR) is 106 cm³/mol. The first-order valence-electron chi connectivity index (χ1n) is 8.29. The zero-order valence-electron chi connectivity index (χ0n) is 14.8. The summed E-state index contributed by atoms with van der Waals surface area (Å²) in [4.78, 5) is 24.7. The van der Waals surface area contributed by atoms with Gasteiger partial charge in [0.2, 0.25) is 0 Å². The van der Waals surface area contributed by atoms with E-state index < -0.39 is 11.9 Å². The van der Waals surface area contributed by atoms with Gasteiger partial charge in [0.05, 0.1) is 29.3 Å². The highest BCUT2D eigenvalue weighted by molar-refractivity contribution is 9.10. The van der Waals surface area contributed by atoms with Crippen molar-refractivity contribution in [3.63, 3.8) is 0 Å². The Labute approximate surface area is 165 Å². The minimum absolute atomic E-state index is 0.198. The van der Waals surface area contributed by atoms with Crippen molar-refractivity contribution in [2.24, 2.45) is 0 Å². The van der Waals surface area contributed by atoms with Crippen LogP contribution in [0.15, 0.2) is 59.1 Å². The molecule has 5 nitrogen and oxygen atoms in total. The molecule has 6 heteroatoms. The van der Waals surface area contributed by atoms with Crippen LogP contribution in [0.2, 0.25) is 0 Å². The van der Waals surface area contributed by atoms with Gasteiger partial charge >= 0.3 is 11.9 Å². The van der Waals surface area contributed by atoms with E-state index in [0.717, 1.165) is 10.8 Å². The van der Waals surface area contributed by atoms with E-state index in [1.54, 1.807) is 19.1 Å². The van der Waals surface area contributed by atoms with Crippen molar-refractivity contribution in [2.75, 3.05) is 13.7 Å². The van der Waals surface area contributed by atoms with Gasteiger partial charge in [-0.25, -0.2) is 9.59 Å². The minimum atomic E-state index is -0.519. The smallest absolute Gasteiger partial charge is 0.344 e.